The van der Waals surface area contributed by atoms with Crippen LogP contribution in [0.4, 0.5) is 0 Å². The van der Waals surface area contributed by atoms with Gasteiger partial charge in [0.1, 0.15) is 11.4 Å². The molecule has 1 aromatic carbocycles. The maximum Gasteiger partial charge on any atom is 0.219 e. The van der Waals surface area contributed by atoms with Crippen LogP contribution in [0.3, 0.4) is 0 Å². The van der Waals surface area contributed by atoms with Crippen LogP contribution in [0.25, 0.3) is 6.08 Å². The van der Waals surface area contributed by atoms with E-state index in [-0.39, 0.29) is 11.5 Å². The normalized spacial score (nSPS) is 20.0. The van der Waals surface area contributed by atoms with E-state index >= 15 is 0 Å². The topological polar surface area (TPSA) is 29.5 Å². The van der Waals surface area contributed by atoms with Gasteiger partial charge in [-0.2, -0.15) is 0 Å². The summed E-state index contributed by atoms with van der Waals surface area (Å²) in [6, 6.07) is 5.67. The van der Waals surface area contributed by atoms with Crippen LogP contribution in [0.5, 0.6) is 5.75 Å². The largest absolute Gasteiger partial charge is 0.482 e. The Hall–Kier alpha value is -1.48. The molecule has 1 fully saturated rings. The van der Waals surface area contributed by atoms with E-state index in [0.717, 1.165) is 37.2 Å². The number of piperidine rings is 1. The number of hydrogen-bond acceptors (Lipinski definition) is 2. The minimum absolute atomic E-state index is 0.141. The summed E-state index contributed by atoms with van der Waals surface area (Å²) in [4.78, 5) is 13.2. The van der Waals surface area contributed by atoms with Gasteiger partial charge in [-0.15, -0.1) is 0 Å². The number of nitrogens with zero attached hydrogens (tertiary/aromatic N) is 1. The molecule has 1 amide bonds. The van der Waals surface area contributed by atoms with E-state index in [0.29, 0.717) is 5.02 Å². The smallest absolute Gasteiger partial charge is 0.219 e. The molecule has 0 bridgehead atoms. The van der Waals surface area contributed by atoms with E-state index in [1.807, 2.05) is 23.1 Å². The fourth-order valence-electron chi connectivity index (χ4n) is 2.71. The number of halogens is 1. The Bertz CT molecular complexity index is 545. The number of likely N-dealkylation sites (tertiary alicyclic amines) is 1. The number of fused-ring (bicyclic) bond motifs is 1. The zero-order chi connectivity index (χ0) is 13.5. The lowest BCUT2D eigenvalue weighted by Gasteiger charge is -2.41. The van der Waals surface area contributed by atoms with E-state index < -0.39 is 0 Å². The maximum absolute atomic E-state index is 11.4. The molecule has 19 heavy (non-hydrogen) atoms. The number of carbonyl (C=O) groups excluding carboxylic acids is 1. The number of hydrogen-bond donors (Lipinski definition) is 0. The first-order valence-electron chi connectivity index (χ1n) is 6.51. The molecule has 0 radical (unpaired) electrons. The average molecular weight is 278 g/mol. The number of rotatable bonds is 0. The molecule has 4 heteroatoms. The molecule has 1 spiro atoms. The summed E-state index contributed by atoms with van der Waals surface area (Å²) in [6.07, 6.45) is 5.87. The highest BCUT2D eigenvalue weighted by molar-refractivity contribution is 6.30. The standard InChI is InChI=1S/C15H16ClNO2/c1-11(18)17-8-6-15(7-9-17)5-4-12-10-13(16)2-3-14(12)19-15/h2-5,10H,6-9H2,1H3. The van der Waals surface area contributed by atoms with Crippen LogP contribution >= 0.6 is 11.6 Å². The first-order chi connectivity index (χ1) is 9.08. The van der Waals surface area contributed by atoms with Gasteiger partial charge in [0.15, 0.2) is 0 Å². The predicted molar refractivity (Wildman–Crippen MR) is 75.3 cm³/mol. The van der Waals surface area contributed by atoms with Gasteiger partial charge in [0, 0.05) is 43.4 Å². The molecular formula is C15H16ClNO2. The Morgan fingerprint density at radius 1 is 1.37 bits per heavy atom. The third kappa shape index (κ3) is 2.35. The molecule has 0 atom stereocenters. The molecule has 0 aromatic heterocycles. The summed E-state index contributed by atoms with van der Waals surface area (Å²) in [5.74, 6) is 1.02. The second-order valence-electron chi connectivity index (χ2n) is 5.19. The molecule has 100 valence electrons. The summed E-state index contributed by atoms with van der Waals surface area (Å²) in [7, 11) is 0. The maximum atomic E-state index is 11.4. The Morgan fingerprint density at radius 3 is 2.79 bits per heavy atom. The third-order valence-corrected chi connectivity index (χ3v) is 4.14. The van der Waals surface area contributed by atoms with Crippen molar-refractivity contribution in [1.29, 1.82) is 0 Å². The minimum atomic E-state index is -0.257. The summed E-state index contributed by atoms with van der Waals surface area (Å²) in [5, 5.41) is 0.717. The molecule has 2 aliphatic rings. The van der Waals surface area contributed by atoms with Gasteiger partial charge in [0.2, 0.25) is 5.91 Å². The van der Waals surface area contributed by atoms with Gasteiger partial charge in [0.05, 0.1) is 0 Å². The first-order valence-corrected chi connectivity index (χ1v) is 6.89. The molecule has 1 aromatic rings. The quantitative estimate of drug-likeness (QED) is 0.729. The van der Waals surface area contributed by atoms with Gasteiger partial charge in [-0.1, -0.05) is 17.7 Å². The monoisotopic (exact) mass is 277 g/mol. The van der Waals surface area contributed by atoms with Crippen molar-refractivity contribution < 1.29 is 9.53 Å². The van der Waals surface area contributed by atoms with Gasteiger partial charge in [-0.05, 0) is 24.3 Å². The first kappa shape index (κ1) is 12.5. The second-order valence-corrected chi connectivity index (χ2v) is 5.62. The van der Waals surface area contributed by atoms with Gasteiger partial charge in [-0.25, -0.2) is 0 Å². The van der Waals surface area contributed by atoms with Crippen LogP contribution in [0.2, 0.25) is 5.02 Å². The lowest BCUT2D eigenvalue weighted by molar-refractivity contribution is -0.131. The molecule has 1 saturated heterocycles. The molecule has 2 heterocycles. The van der Waals surface area contributed by atoms with E-state index in [2.05, 4.69) is 12.2 Å². The molecule has 0 N–H and O–H groups in total. The third-order valence-electron chi connectivity index (χ3n) is 3.91. The number of ether oxygens (including phenoxy) is 1. The molecule has 0 unspecified atom stereocenters. The van der Waals surface area contributed by atoms with Crippen LogP contribution in [-0.4, -0.2) is 29.5 Å². The number of amides is 1. The molecule has 3 rings (SSSR count). The van der Waals surface area contributed by atoms with Crippen LogP contribution < -0.4 is 4.74 Å². The van der Waals surface area contributed by atoms with Crippen molar-refractivity contribution >= 4 is 23.6 Å². The summed E-state index contributed by atoms with van der Waals surface area (Å²) >= 11 is 5.97. The van der Waals surface area contributed by atoms with E-state index in [9.17, 15) is 4.79 Å². The molecule has 3 nitrogen and oxygen atoms in total. The Kier molecular flexibility index (Phi) is 3.02. The number of carbonyl (C=O) groups is 1. The van der Waals surface area contributed by atoms with Crippen molar-refractivity contribution in [2.75, 3.05) is 13.1 Å². The molecule has 0 aliphatic carbocycles. The average Bonchev–Trinajstić information content (AvgIpc) is 2.40. The van der Waals surface area contributed by atoms with E-state index in [1.165, 1.54) is 0 Å². The lowest BCUT2D eigenvalue weighted by atomic mass is 9.88. The highest BCUT2D eigenvalue weighted by Crippen LogP contribution is 2.37. The number of benzene rings is 1. The van der Waals surface area contributed by atoms with Crippen molar-refractivity contribution in [2.24, 2.45) is 0 Å². The van der Waals surface area contributed by atoms with Crippen LogP contribution in [0, 0.1) is 0 Å². The van der Waals surface area contributed by atoms with Crippen molar-refractivity contribution in [1.82, 2.24) is 4.90 Å². The Balaban J connectivity index is 1.80. The van der Waals surface area contributed by atoms with Gasteiger partial charge in [-0.3, -0.25) is 4.79 Å². The lowest BCUT2D eigenvalue weighted by Crippen LogP contribution is -2.48. The SMILES string of the molecule is CC(=O)N1CCC2(C=Cc3cc(Cl)ccc3O2)CC1. The zero-order valence-corrected chi connectivity index (χ0v) is 11.6. The second kappa shape index (κ2) is 4.57. The fraction of sp³-hybridized carbons (Fsp3) is 0.400. The summed E-state index contributed by atoms with van der Waals surface area (Å²) < 4.78 is 6.16. The van der Waals surface area contributed by atoms with Crippen LogP contribution in [0.15, 0.2) is 24.3 Å². The fourth-order valence-corrected chi connectivity index (χ4v) is 2.89. The molecule has 0 saturated carbocycles. The minimum Gasteiger partial charge on any atom is -0.482 e. The van der Waals surface area contributed by atoms with Crippen molar-refractivity contribution in [3.63, 3.8) is 0 Å². The van der Waals surface area contributed by atoms with Crippen molar-refractivity contribution in [2.45, 2.75) is 25.4 Å². The zero-order valence-electron chi connectivity index (χ0n) is 10.9. The van der Waals surface area contributed by atoms with Gasteiger partial charge < -0.3 is 9.64 Å². The van der Waals surface area contributed by atoms with Gasteiger partial charge >= 0.3 is 0 Å². The predicted octanol–water partition coefficient (Wildman–Crippen LogP) is 3.13. The Morgan fingerprint density at radius 2 is 2.11 bits per heavy atom. The van der Waals surface area contributed by atoms with E-state index in [1.54, 1.807) is 6.92 Å². The summed E-state index contributed by atoms with van der Waals surface area (Å²) in [5.41, 5.74) is 0.763. The van der Waals surface area contributed by atoms with Crippen LogP contribution in [-0.2, 0) is 4.79 Å². The molecular weight excluding hydrogens is 262 g/mol. The molecule has 2 aliphatic heterocycles. The highest BCUT2D eigenvalue weighted by Gasteiger charge is 2.37. The van der Waals surface area contributed by atoms with Gasteiger partial charge in [0.25, 0.3) is 0 Å². The van der Waals surface area contributed by atoms with E-state index in [4.69, 9.17) is 16.3 Å². The highest BCUT2D eigenvalue weighted by atomic mass is 35.5. The summed E-state index contributed by atoms with van der Waals surface area (Å²) in [6.45, 7) is 3.12. The van der Waals surface area contributed by atoms with Crippen LogP contribution in [0.1, 0.15) is 25.3 Å². The van der Waals surface area contributed by atoms with Crippen molar-refractivity contribution in [3.05, 3.63) is 34.9 Å². The van der Waals surface area contributed by atoms with Crippen molar-refractivity contribution in [3.8, 4) is 5.75 Å². The Labute approximate surface area is 117 Å².